The van der Waals surface area contributed by atoms with Crippen molar-refractivity contribution in [1.82, 2.24) is 0 Å². The van der Waals surface area contributed by atoms with Gasteiger partial charge in [0.05, 0.1) is 40.1 Å². The second kappa shape index (κ2) is 26.6. The van der Waals surface area contributed by atoms with Crippen LogP contribution in [0.2, 0.25) is 0 Å². The van der Waals surface area contributed by atoms with E-state index in [-0.39, 0.29) is 65.0 Å². The van der Waals surface area contributed by atoms with E-state index in [0.29, 0.717) is 63.4 Å². The van der Waals surface area contributed by atoms with Gasteiger partial charge in [-0.1, -0.05) is 59.3 Å². The summed E-state index contributed by atoms with van der Waals surface area (Å²) in [4.78, 5) is 26.4. The lowest BCUT2D eigenvalue weighted by Gasteiger charge is -2.63. The largest absolute Gasteiger partial charge is 0.505 e. The topological polar surface area (TPSA) is 259 Å². The molecule has 18 nitrogen and oxygen atoms in total. The summed E-state index contributed by atoms with van der Waals surface area (Å²) >= 11 is 0. The van der Waals surface area contributed by atoms with Crippen molar-refractivity contribution < 1.29 is 88.0 Å². The van der Waals surface area contributed by atoms with Gasteiger partial charge in [0.25, 0.3) is 0 Å². The zero-order valence-corrected chi connectivity index (χ0v) is 44.8. The molecule has 0 aromatic heterocycles. The molecule has 0 bridgehead atoms. The van der Waals surface area contributed by atoms with Crippen molar-refractivity contribution in [1.29, 1.82) is 0 Å². The van der Waals surface area contributed by atoms with E-state index in [4.69, 9.17) is 42.6 Å². The maximum absolute atomic E-state index is 13.3. The number of hydrogen-bond donors (Lipinski definition) is 7. The van der Waals surface area contributed by atoms with Gasteiger partial charge < -0.3 is 78.4 Å². The van der Waals surface area contributed by atoms with Gasteiger partial charge in [0.2, 0.25) is 6.29 Å². The number of esters is 1. The highest BCUT2D eigenvalue weighted by molar-refractivity contribution is 5.88. The first-order valence-electron chi connectivity index (χ1n) is 25.5. The quantitative estimate of drug-likeness (QED) is 0.0151. The van der Waals surface area contributed by atoms with Gasteiger partial charge in [0.15, 0.2) is 30.4 Å². The third kappa shape index (κ3) is 13.2. The maximum atomic E-state index is 13.3. The minimum atomic E-state index is -1.97. The maximum Gasteiger partial charge on any atom is 0.333 e. The van der Waals surface area contributed by atoms with E-state index in [1.807, 2.05) is 6.92 Å². The molecule has 16 atom stereocenters. The summed E-state index contributed by atoms with van der Waals surface area (Å²) in [5.74, 6) is -1.69. The van der Waals surface area contributed by atoms with Crippen LogP contribution in [0.5, 0.6) is 0 Å². The van der Waals surface area contributed by atoms with Gasteiger partial charge in [0.1, 0.15) is 53.6 Å². The van der Waals surface area contributed by atoms with E-state index in [9.17, 15) is 45.3 Å². The van der Waals surface area contributed by atoms with Crippen LogP contribution in [0.15, 0.2) is 70.3 Å². The number of carbonyl (C=O) groups is 2. The second-order valence-corrected chi connectivity index (χ2v) is 19.9. The van der Waals surface area contributed by atoms with Crippen molar-refractivity contribution >= 4 is 11.8 Å². The van der Waals surface area contributed by atoms with Gasteiger partial charge in [-0.3, -0.25) is 4.79 Å². The summed E-state index contributed by atoms with van der Waals surface area (Å²) < 4.78 is 51.6. The Balaban J connectivity index is 1.45. The highest BCUT2D eigenvalue weighted by Gasteiger charge is 2.71. The minimum Gasteiger partial charge on any atom is -0.505 e. The number of carbonyl (C=O) groups excluding carboxylic acids is 2. The molecule has 4 aliphatic rings. The lowest BCUT2D eigenvalue weighted by molar-refractivity contribution is -0.233. The molecule has 0 aromatic carbocycles. The minimum absolute atomic E-state index is 0.00632. The first-order chi connectivity index (χ1) is 34.0. The molecule has 410 valence electrons. The van der Waals surface area contributed by atoms with Crippen LogP contribution in [0.25, 0.3) is 0 Å². The SMILES string of the molecule is C/C=C(\C)C(=O)O[C@@H]1CC2C(CC=C3C[C@@H](OC(O)/C=C(\OC)C(CC)OC(O)/C=C(\OC)C(CC)OC(O)/C(O)=C(/OC)C(CC)OC(O)/C=C(\OC)C(O)CC)CC[C@@]32C)[C@@]2(O)CC[C@H](C(C)=O)[C@@]12C. The number of methoxy groups -OCH3 is 4. The average Bonchev–Trinajstić information content (AvgIpc) is 3.66. The summed E-state index contributed by atoms with van der Waals surface area (Å²) in [5.41, 5.74) is -0.884. The lowest BCUT2D eigenvalue weighted by atomic mass is 9.45. The molecule has 7 N–H and O–H groups in total. The summed E-state index contributed by atoms with van der Waals surface area (Å²) in [7, 11) is 5.34. The summed E-state index contributed by atoms with van der Waals surface area (Å²) in [6.07, 6.45) is 1.12. The fraction of sp³-hybridized carbons (Fsp3) is 0.741. The number of allylic oxidation sites excluding steroid dienone is 2. The molecule has 0 aromatic rings. The van der Waals surface area contributed by atoms with E-state index in [1.54, 1.807) is 54.5 Å². The molecule has 0 heterocycles. The van der Waals surface area contributed by atoms with Crippen LogP contribution in [-0.2, 0) is 52.2 Å². The molecular formula is C54H86O18. The fourth-order valence-corrected chi connectivity index (χ4v) is 11.8. The van der Waals surface area contributed by atoms with Crippen LogP contribution < -0.4 is 0 Å². The van der Waals surface area contributed by atoms with Gasteiger partial charge in [-0.25, -0.2) is 4.79 Å². The molecule has 18 heteroatoms. The Morgan fingerprint density at radius 1 is 0.736 bits per heavy atom. The second-order valence-electron chi connectivity index (χ2n) is 19.9. The van der Waals surface area contributed by atoms with Crippen LogP contribution in [0.4, 0.5) is 0 Å². The average molecular weight is 1020 g/mol. The van der Waals surface area contributed by atoms with E-state index < -0.39 is 84.3 Å². The lowest BCUT2D eigenvalue weighted by Crippen LogP contribution is -2.66. The number of Topliss-reactive ketones (excluding diaryl/α,β-unsaturated/α-hetero) is 1. The van der Waals surface area contributed by atoms with Gasteiger partial charge in [-0.2, -0.15) is 0 Å². The molecule has 3 saturated carbocycles. The number of aliphatic hydroxyl groups excluding tert-OH is 6. The highest BCUT2D eigenvalue weighted by atomic mass is 16.7. The molecule has 0 amide bonds. The number of aliphatic hydroxyl groups is 7. The molecule has 4 rings (SSSR count). The Morgan fingerprint density at radius 3 is 1.82 bits per heavy atom. The van der Waals surface area contributed by atoms with E-state index in [0.717, 1.165) is 5.57 Å². The molecule has 0 radical (unpaired) electrons. The van der Waals surface area contributed by atoms with Gasteiger partial charge in [0, 0.05) is 35.1 Å². The van der Waals surface area contributed by atoms with Crippen molar-refractivity contribution in [3.05, 3.63) is 70.3 Å². The van der Waals surface area contributed by atoms with Gasteiger partial charge in [-0.05, 0) is 109 Å². The molecule has 10 unspecified atom stereocenters. The van der Waals surface area contributed by atoms with Crippen molar-refractivity contribution in [2.45, 2.75) is 200 Å². The Labute approximate surface area is 426 Å². The normalized spacial score (nSPS) is 31.7. The molecule has 0 saturated heterocycles. The predicted molar refractivity (Wildman–Crippen MR) is 265 cm³/mol. The van der Waals surface area contributed by atoms with Crippen LogP contribution in [0.1, 0.15) is 133 Å². The molecular weight excluding hydrogens is 937 g/mol. The van der Waals surface area contributed by atoms with Crippen LogP contribution in [-0.4, -0.2) is 143 Å². The third-order valence-electron chi connectivity index (χ3n) is 16.1. The molecule has 0 spiro atoms. The van der Waals surface area contributed by atoms with E-state index >= 15 is 0 Å². The number of rotatable bonds is 27. The predicted octanol–water partition coefficient (Wildman–Crippen LogP) is 6.58. The smallest absolute Gasteiger partial charge is 0.333 e. The zero-order valence-electron chi connectivity index (χ0n) is 44.8. The summed E-state index contributed by atoms with van der Waals surface area (Å²) in [5, 5.41) is 78.1. The van der Waals surface area contributed by atoms with Crippen molar-refractivity contribution in [2.75, 3.05) is 28.4 Å². The summed E-state index contributed by atoms with van der Waals surface area (Å²) in [6, 6.07) is 0. The highest BCUT2D eigenvalue weighted by Crippen LogP contribution is 2.68. The van der Waals surface area contributed by atoms with Gasteiger partial charge in [-0.15, -0.1) is 0 Å². The van der Waals surface area contributed by atoms with Crippen molar-refractivity contribution in [2.24, 2.45) is 28.6 Å². The number of fused-ring (bicyclic) bond motifs is 5. The zero-order chi connectivity index (χ0) is 53.9. The molecule has 4 aliphatic carbocycles. The number of ketones is 1. The first-order valence-corrected chi connectivity index (χ1v) is 25.5. The third-order valence-corrected chi connectivity index (χ3v) is 16.1. The van der Waals surface area contributed by atoms with Crippen LogP contribution in [0.3, 0.4) is 0 Å². The molecule has 0 aliphatic heterocycles. The Kier molecular flexibility index (Phi) is 22.4. The van der Waals surface area contributed by atoms with E-state index in [1.165, 1.54) is 46.7 Å². The van der Waals surface area contributed by atoms with Crippen molar-refractivity contribution in [3.8, 4) is 0 Å². The Hall–Kier alpha value is -3.82. The van der Waals surface area contributed by atoms with E-state index in [2.05, 4.69) is 13.0 Å². The van der Waals surface area contributed by atoms with Crippen molar-refractivity contribution in [3.63, 3.8) is 0 Å². The Bertz CT molecular complexity index is 2010. The standard InChI is InChI=1S/C54H86O18/c1-14-30(6)50(61)72-44-26-36-35(54(63)24-22-34(31(7)55)53(44,54)9)20-19-32-25-33(21-23-52(32,36)8)68-45(57)28-42(65-11)38(16-3)69-47(59)29-43(66-12)39(17-4)71-51(62)48(60)49(67-13)40(18-5)70-46(58)27-41(64-10)37(56)15-2/h14,19,27-29,33-40,44-47,51,56-60,62-63H,15-18,20-26H2,1-13H3/b30-14+,41-27-,42-28-,43-29-,49-48-/t33-,34+,35?,36?,37?,38?,39?,40?,44+,45?,46?,47?,51?,52-,53-,54-/m0/s1. The van der Waals surface area contributed by atoms with Gasteiger partial charge >= 0.3 is 5.97 Å². The number of ether oxygens (including phenoxy) is 9. The first kappa shape index (κ1) is 60.7. The summed E-state index contributed by atoms with van der Waals surface area (Å²) in [6.45, 7) is 16.2. The van der Waals surface area contributed by atoms with Crippen LogP contribution >= 0.6 is 0 Å². The Morgan fingerprint density at radius 2 is 1.29 bits per heavy atom. The molecule has 72 heavy (non-hydrogen) atoms. The fourth-order valence-electron chi connectivity index (χ4n) is 11.8. The number of hydrogen-bond acceptors (Lipinski definition) is 18. The molecule has 3 fully saturated rings. The van der Waals surface area contributed by atoms with Crippen LogP contribution in [0, 0.1) is 28.6 Å². The monoisotopic (exact) mass is 1020 g/mol.